The molecular formula is C21H20FN3O6. The summed E-state index contributed by atoms with van der Waals surface area (Å²) in [5.74, 6) is -2.46. The normalized spacial score (nSPS) is 13.4. The van der Waals surface area contributed by atoms with Crippen molar-refractivity contribution >= 4 is 29.9 Å². The van der Waals surface area contributed by atoms with E-state index in [9.17, 15) is 28.7 Å². The number of nitrogens with one attached hydrogen (secondary N) is 2. The summed E-state index contributed by atoms with van der Waals surface area (Å²) in [4.78, 5) is 47.5. The van der Waals surface area contributed by atoms with E-state index in [2.05, 4.69) is 5.32 Å². The van der Waals surface area contributed by atoms with Crippen molar-refractivity contribution in [3.05, 3.63) is 58.9 Å². The van der Waals surface area contributed by atoms with E-state index in [0.29, 0.717) is 11.3 Å². The number of fused-ring (bicyclic) bond motifs is 1. The molecule has 0 fully saturated rings. The van der Waals surface area contributed by atoms with Gasteiger partial charge in [-0.05, 0) is 30.3 Å². The van der Waals surface area contributed by atoms with E-state index >= 15 is 0 Å². The standard InChI is InChI=1S/C21H20FN3O6/c1-2-18(27)24-19(28)21(30)25-10-15-14(20(25)29)4-3-5-17(15)23-9-12-8-13(31-11-26)6-7-16(12)22/h3-8,11,21,23,30H,2,9-10H2,1H3,(H,24,27,28). The van der Waals surface area contributed by atoms with Crippen LogP contribution >= 0.6 is 0 Å². The van der Waals surface area contributed by atoms with Crippen LogP contribution in [0.25, 0.3) is 0 Å². The number of ether oxygens (including phenoxy) is 1. The average Bonchev–Trinajstić information content (AvgIpc) is 3.10. The minimum Gasteiger partial charge on any atom is -0.429 e. The van der Waals surface area contributed by atoms with Crippen LogP contribution in [0.4, 0.5) is 10.1 Å². The number of hydrogen-bond donors (Lipinski definition) is 3. The summed E-state index contributed by atoms with van der Waals surface area (Å²) in [6.45, 7) is 1.74. The maximum atomic E-state index is 14.1. The number of rotatable bonds is 8. The molecule has 0 bridgehead atoms. The van der Waals surface area contributed by atoms with Gasteiger partial charge in [0.25, 0.3) is 18.3 Å². The summed E-state index contributed by atoms with van der Waals surface area (Å²) in [6.07, 6.45) is -1.78. The van der Waals surface area contributed by atoms with Gasteiger partial charge in [-0.25, -0.2) is 4.39 Å². The zero-order chi connectivity index (χ0) is 22.5. The first-order valence-electron chi connectivity index (χ1n) is 9.43. The van der Waals surface area contributed by atoms with Gasteiger partial charge in [-0.1, -0.05) is 13.0 Å². The summed E-state index contributed by atoms with van der Waals surface area (Å²) in [7, 11) is 0. The third-order valence-electron chi connectivity index (χ3n) is 4.78. The quantitative estimate of drug-likeness (QED) is 0.540. The molecule has 3 N–H and O–H groups in total. The Kier molecular flexibility index (Phi) is 6.61. The molecule has 2 aromatic rings. The molecule has 1 atom stereocenters. The number of halogens is 1. The number of carbonyl (C=O) groups is 4. The molecule has 0 radical (unpaired) electrons. The highest BCUT2D eigenvalue weighted by molar-refractivity contribution is 6.04. The Morgan fingerprint density at radius 1 is 1.32 bits per heavy atom. The topological polar surface area (TPSA) is 125 Å². The van der Waals surface area contributed by atoms with Crippen LogP contribution in [0.5, 0.6) is 5.75 Å². The monoisotopic (exact) mass is 429 g/mol. The number of imide groups is 1. The second-order valence-electron chi connectivity index (χ2n) is 6.73. The summed E-state index contributed by atoms with van der Waals surface area (Å²) < 4.78 is 18.8. The number of anilines is 1. The lowest BCUT2D eigenvalue weighted by Gasteiger charge is -2.21. The van der Waals surface area contributed by atoms with Crippen molar-refractivity contribution < 1.29 is 33.4 Å². The molecule has 1 aliphatic heterocycles. The fourth-order valence-electron chi connectivity index (χ4n) is 3.16. The predicted octanol–water partition coefficient (Wildman–Crippen LogP) is 1.30. The van der Waals surface area contributed by atoms with Gasteiger partial charge in [-0.15, -0.1) is 0 Å². The molecule has 0 aliphatic carbocycles. The summed E-state index contributed by atoms with van der Waals surface area (Å²) >= 11 is 0. The van der Waals surface area contributed by atoms with E-state index in [1.165, 1.54) is 18.2 Å². The number of aliphatic hydroxyl groups is 1. The van der Waals surface area contributed by atoms with Crippen molar-refractivity contribution in [3.8, 4) is 5.75 Å². The van der Waals surface area contributed by atoms with Gasteiger partial charge in [0.1, 0.15) is 11.6 Å². The molecule has 1 unspecified atom stereocenters. The highest BCUT2D eigenvalue weighted by atomic mass is 19.1. The highest BCUT2D eigenvalue weighted by Crippen LogP contribution is 2.31. The molecule has 0 aromatic heterocycles. The zero-order valence-electron chi connectivity index (χ0n) is 16.6. The molecule has 162 valence electrons. The van der Waals surface area contributed by atoms with Crippen LogP contribution in [-0.4, -0.2) is 40.4 Å². The second-order valence-corrected chi connectivity index (χ2v) is 6.73. The van der Waals surface area contributed by atoms with Crippen molar-refractivity contribution in [1.29, 1.82) is 0 Å². The number of nitrogens with zero attached hydrogens (tertiary/aromatic N) is 1. The molecule has 0 saturated carbocycles. The van der Waals surface area contributed by atoms with Gasteiger partial charge in [0.05, 0.1) is 6.54 Å². The van der Waals surface area contributed by atoms with Gasteiger partial charge >= 0.3 is 0 Å². The van der Waals surface area contributed by atoms with Gasteiger partial charge in [0.15, 0.2) is 0 Å². The zero-order valence-corrected chi connectivity index (χ0v) is 16.6. The van der Waals surface area contributed by atoms with Gasteiger partial charge in [0.2, 0.25) is 12.1 Å². The van der Waals surface area contributed by atoms with Crippen LogP contribution in [0.3, 0.4) is 0 Å². The third-order valence-corrected chi connectivity index (χ3v) is 4.78. The lowest BCUT2D eigenvalue weighted by molar-refractivity contribution is -0.141. The third kappa shape index (κ3) is 4.69. The number of aliphatic hydroxyl groups excluding tert-OH is 1. The Morgan fingerprint density at radius 3 is 2.81 bits per heavy atom. The van der Waals surface area contributed by atoms with Crippen LogP contribution in [0.15, 0.2) is 36.4 Å². The van der Waals surface area contributed by atoms with Crippen LogP contribution in [0.2, 0.25) is 0 Å². The van der Waals surface area contributed by atoms with Crippen molar-refractivity contribution in [2.75, 3.05) is 5.32 Å². The average molecular weight is 429 g/mol. The molecule has 0 spiro atoms. The molecular weight excluding hydrogens is 409 g/mol. The molecule has 10 heteroatoms. The van der Waals surface area contributed by atoms with E-state index in [4.69, 9.17) is 4.74 Å². The first-order valence-corrected chi connectivity index (χ1v) is 9.43. The van der Waals surface area contributed by atoms with Gasteiger partial charge in [-0.3, -0.25) is 24.5 Å². The minimum absolute atomic E-state index is 0.0283. The molecule has 31 heavy (non-hydrogen) atoms. The summed E-state index contributed by atoms with van der Waals surface area (Å²) in [6, 6.07) is 8.69. The van der Waals surface area contributed by atoms with Crippen molar-refractivity contribution in [3.63, 3.8) is 0 Å². The maximum absolute atomic E-state index is 14.1. The van der Waals surface area contributed by atoms with Crippen LogP contribution in [-0.2, 0) is 27.5 Å². The summed E-state index contributed by atoms with van der Waals surface area (Å²) in [5, 5.41) is 15.3. The van der Waals surface area contributed by atoms with Crippen LogP contribution < -0.4 is 15.4 Å². The number of hydrogen-bond acceptors (Lipinski definition) is 7. The molecule has 2 aromatic carbocycles. The fourth-order valence-corrected chi connectivity index (χ4v) is 3.16. The van der Waals surface area contributed by atoms with E-state index in [-0.39, 0.29) is 42.9 Å². The first kappa shape index (κ1) is 21.9. The van der Waals surface area contributed by atoms with Crippen LogP contribution in [0.1, 0.15) is 34.8 Å². The second kappa shape index (κ2) is 9.35. The Bertz CT molecular complexity index is 1040. The smallest absolute Gasteiger partial charge is 0.298 e. The van der Waals surface area contributed by atoms with Gasteiger partial charge < -0.3 is 20.1 Å². The molecule has 1 aliphatic rings. The van der Waals surface area contributed by atoms with Crippen LogP contribution in [0, 0.1) is 5.82 Å². The highest BCUT2D eigenvalue weighted by Gasteiger charge is 2.36. The first-order chi connectivity index (χ1) is 14.8. The Morgan fingerprint density at radius 2 is 2.10 bits per heavy atom. The minimum atomic E-state index is -1.84. The Hall–Kier alpha value is -3.79. The van der Waals surface area contributed by atoms with E-state index in [0.717, 1.165) is 4.90 Å². The van der Waals surface area contributed by atoms with E-state index in [1.807, 2.05) is 5.32 Å². The van der Waals surface area contributed by atoms with E-state index < -0.39 is 29.8 Å². The molecule has 3 rings (SSSR count). The van der Waals surface area contributed by atoms with Gasteiger partial charge in [-0.2, -0.15) is 0 Å². The number of benzene rings is 2. The van der Waals surface area contributed by atoms with Gasteiger partial charge in [0, 0.05) is 35.3 Å². The molecule has 0 saturated heterocycles. The van der Waals surface area contributed by atoms with Crippen molar-refractivity contribution in [2.24, 2.45) is 0 Å². The predicted molar refractivity (Wildman–Crippen MR) is 106 cm³/mol. The fraction of sp³-hybridized carbons (Fsp3) is 0.238. The SMILES string of the molecule is CCC(=O)NC(=O)C(O)N1Cc2c(NCc3cc(OC=O)ccc3F)cccc2C1=O. The van der Waals surface area contributed by atoms with Crippen molar-refractivity contribution in [1.82, 2.24) is 10.2 Å². The van der Waals surface area contributed by atoms with Crippen molar-refractivity contribution in [2.45, 2.75) is 32.7 Å². The maximum Gasteiger partial charge on any atom is 0.298 e. The number of carbonyl (C=O) groups excluding carboxylic acids is 4. The molecule has 1 heterocycles. The molecule has 9 nitrogen and oxygen atoms in total. The van der Waals surface area contributed by atoms with E-state index in [1.54, 1.807) is 25.1 Å². The largest absolute Gasteiger partial charge is 0.429 e. The Labute approximate surface area is 176 Å². The number of amides is 3. The lowest BCUT2D eigenvalue weighted by atomic mass is 10.1. The summed E-state index contributed by atoms with van der Waals surface area (Å²) in [5.41, 5.74) is 1.53. The lowest BCUT2D eigenvalue weighted by Crippen LogP contribution is -2.48. The Balaban J connectivity index is 1.76. The molecule has 3 amide bonds.